The van der Waals surface area contributed by atoms with Gasteiger partial charge < -0.3 is 10.2 Å². The van der Waals surface area contributed by atoms with Gasteiger partial charge in [0.2, 0.25) is 5.91 Å². The molecule has 1 amide bonds. The Morgan fingerprint density at radius 3 is 2.44 bits per heavy atom. The fourth-order valence-electron chi connectivity index (χ4n) is 3.88. The number of benzene rings is 2. The van der Waals surface area contributed by atoms with Crippen molar-refractivity contribution in [2.75, 3.05) is 42.9 Å². The summed E-state index contributed by atoms with van der Waals surface area (Å²) >= 11 is 6.21. The number of nitrogens with zero attached hydrogens (tertiary/aromatic N) is 3. The molecule has 1 heterocycles. The first kappa shape index (κ1) is 24.5. The summed E-state index contributed by atoms with van der Waals surface area (Å²) in [5, 5.41) is 3.40. The second-order valence-corrected chi connectivity index (χ2v) is 10.2. The molecule has 0 bridgehead atoms. The molecule has 9 heteroatoms. The monoisotopic (exact) mass is 478 g/mol. The van der Waals surface area contributed by atoms with Gasteiger partial charge in [-0.05, 0) is 62.6 Å². The Bertz CT molecular complexity index is 1060. The summed E-state index contributed by atoms with van der Waals surface area (Å²) in [7, 11) is -3.76. The third-order valence-corrected chi connectivity index (χ3v) is 8.00. The number of carbonyl (C=O) groups is 1. The maximum atomic E-state index is 13.1. The van der Waals surface area contributed by atoms with Crippen molar-refractivity contribution >= 4 is 39.1 Å². The molecule has 1 N–H and O–H groups in total. The first-order valence-electron chi connectivity index (χ1n) is 10.9. The Morgan fingerprint density at radius 1 is 1.09 bits per heavy atom. The van der Waals surface area contributed by atoms with Gasteiger partial charge in [-0.3, -0.25) is 4.79 Å². The minimum absolute atomic E-state index is 0.187. The van der Waals surface area contributed by atoms with E-state index in [1.54, 1.807) is 6.07 Å². The molecule has 2 aromatic carbocycles. The second kappa shape index (κ2) is 10.7. The van der Waals surface area contributed by atoms with E-state index in [-0.39, 0.29) is 19.0 Å². The predicted octanol–water partition coefficient (Wildman–Crippen LogP) is 3.89. The van der Waals surface area contributed by atoms with Crippen LogP contribution in [0.2, 0.25) is 5.02 Å². The standard InChI is InChI=1S/C23H31ClN4O3S/c1-4-26(5-2)20-11-12-22(18(3)15-20)25-23(29)17-28-14-8-13-27(32(28,30)31)16-19-9-6-7-10-21(19)24/h6-7,9-12,15H,4-5,8,13-14,16-17H2,1-3H3,(H,25,29). The first-order chi connectivity index (χ1) is 15.3. The van der Waals surface area contributed by atoms with E-state index in [1.165, 1.54) is 8.61 Å². The van der Waals surface area contributed by atoms with Crippen molar-refractivity contribution in [3.8, 4) is 0 Å². The molecule has 3 rings (SSSR count). The number of rotatable bonds is 8. The number of anilines is 2. The highest BCUT2D eigenvalue weighted by Crippen LogP contribution is 2.25. The normalized spacial score (nSPS) is 16.6. The van der Waals surface area contributed by atoms with E-state index >= 15 is 0 Å². The Labute approximate surface area is 196 Å². The van der Waals surface area contributed by atoms with E-state index in [0.717, 1.165) is 29.9 Å². The summed E-state index contributed by atoms with van der Waals surface area (Å²) in [6.07, 6.45) is 0.647. The Kier molecular flexibility index (Phi) is 8.16. The van der Waals surface area contributed by atoms with Gasteiger partial charge >= 0.3 is 0 Å². The lowest BCUT2D eigenvalue weighted by atomic mass is 10.1. The molecule has 32 heavy (non-hydrogen) atoms. The maximum absolute atomic E-state index is 13.1. The van der Waals surface area contributed by atoms with Crippen LogP contribution in [0.5, 0.6) is 0 Å². The molecular formula is C23H31ClN4O3S. The summed E-state index contributed by atoms with van der Waals surface area (Å²) in [5.41, 5.74) is 3.46. The Balaban J connectivity index is 1.67. The fraction of sp³-hybridized carbons (Fsp3) is 0.435. The van der Waals surface area contributed by atoms with E-state index in [0.29, 0.717) is 30.2 Å². The minimum atomic E-state index is -3.76. The van der Waals surface area contributed by atoms with Crippen LogP contribution >= 0.6 is 11.6 Å². The number of carbonyl (C=O) groups excluding carboxylic acids is 1. The average molecular weight is 479 g/mol. The minimum Gasteiger partial charge on any atom is -0.372 e. The zero-order chi connectivity index (χ0) is 23.3. The lowest BCUT2D eigenvalue weighted by Crippen LogP contribution is -2.51. The third-order valence-electron chi connectivity index (χ3n) is 5.70. The van der Waals surface area contributed by atoms with Crippen LogP contribution in [0.1, 0.15) is 31.4 Å². The highest BCUT2D eigenvalue weighted by Gasteiger charge is 2.35. The molecular weight excluding hydrogens is 448 g/mol. The van der Waals surface area contributed by atoms with Crippen molar-refractivity contribution in [3.05, 3.63) is 58.6 Å². The molecule has 1 aliphatic rings. The van der Waals surface area contributed by atoms with E-state index in [1.807, 2.05) is 43.3 Å². The molecule has 0 radical (unpaired) electrons. The summed E-state index contributed by atoms with van der Waals surface area (Å²) in [4.78, 5) is 14.9. The largest absolute Gasteiger partial charge is 0.372 e. The van der Waals surface area contributed by atoms with Crippen LogP contribution in [0.4, 0.5) is 11.4 Å². The number of hydrogen-bond acceptors (Lipinski definition) is 4. The average Bonchev–Trinajstić information content (AvgIpc) is 2.75. The van der Waals surface area contributed by atoms with Crippen LogP contribution in [-0.4, -0.2) is 55.7 Å². The molecule has 0 saturated carbocycles. The van der Waals surface area contributed by atoms with Crippen molar-refractivity contribution in [2.45, 2.75) is 33.7 Å². The SMILES string of the molecule is CCN(CC)c1ccc(NC(=O)CN2CCCN(Cc3ccccc3Cl)S2(=O)=O)c(C)c1. The van der Waals surface area contributed by atoms with Gasteiger partial charge in [0.1, 0.15) is 0 Å². The molecule has 0 atom stereocenters. The summed E-state index contributed by atoms with van der Waals surface area (Å²) in [6.45, 7) is 8.62. The molecule has 0 unspecified atom stereocenters. The zero-order valence-electron chi connectivity index (χ0n) is 18.8. The van der Waals surface area contributed by atoms with Crippen molar-refractivity contribution in [3.63, 3.8) is 0 Å². The molecule has 0 spiro atoms. The van der Waals surface area contributed by atoms with Crippen LogP contribution in [0.25, 0.3) is 0 Å². The van der Waals surface area contributed by atoms with Gasteiger partial charge in [-0.1, -0.05) is 29.8 Å². The molecule has 1 fully saturated rings. The molecule has 7 nitrogen and oxygen atoms in total. The van der Waals surface area contributed by atoms with Crippen molar-refractivity contribution < 1.29 is 13.2 Å². The van der Waals surface area contributed by atoms with Crippen molar-refractivity contribution in [2.24, 2.45) is 0 Å². The number of hydrogen-bond donors (Lipinski definition) is 1. The van der Waals surface area contributed by atoms with Crippen molar-refractivity contribution in [1.29, 1.82) is 0 Å². The predicted molar refractivity (Wildman–Crippen MR) is 130 cm³/mol. The Hall–Kier alpha value is -2.13. The van der Waals surface area contributed by atoms with Crippen LogP contribution in [0.3, 0.4) is 0 Å². The molecule has 174 valence electrons. The Morgan fingerprint density at radius 2 is 1.78 bits per heavy atom. The van der Waals surface area contributed by atoms with E-state index in [9.17, 15) is 13.2 Å². The van der Waals surface area contributed by atoms with Gasteiger partial charge in [0.25, 0.3) is 10.2 Å². The van der Waals surface area contributed by atoms with Gasteiger partial charge in [0.15, 0.2) is 0 Å². The number of aryl methyl sites for hydroxylation is 1. The summed E-state index contributed by atoms with van der Waals surface area (Å²) < 4.78 is 28.8. The molecule has 2 aromatic rings. The van der Waals surface area contributed by atoms with E-state index < -0.39 is 10.2 Å². The van der Waals surface area contributed by atoms with Crippen LogP contribution < -0.4 is 10.2 Å². The smallest absolute Gasteiger partial charge is 0.282 e. The van der Waals surface area contributed by atoms with E-state index in [4.69, 9.17) is 11.6 Å². The van der Waals surface area contributed by atoms with E-state index in [2.05, 4.69) is 24.1 Å². The summed E-state index contributed by atoms with van der Waals surface area (Å²) in [6, 6.07) is 13.1. The number of nitrogens with one attached hydrogen (secondary N) is 1. The first-order valence-corrected chi connectivity index (χ1v) is 12.7. The van der Waals surface area contributed by atoms with Crippen molar-refractivity contribution in [1.82, 2.24) is 8.61 Å². The van der Waals surface area contributed by atoms with Gasteiger partial charge in [-0.15, -0.1) is 0 Å². The van der Waals surface area contributed by atoms with Gasteiger partial charge in [0, 0.05) is 49.1 Å². The van der Waals surface area contributed by atoms with Crippen LogP contribution in [0.15, 0.2) is 42.5 Å². The van der Waals surface area contributed by atoms with Crippen LogP contribution in [-0.2, 0) is 21.5 Å². The van der Waals surface area contributed by atoms with Gasteiger partial charge in [-0.2, -0.15) is 17.0 Å². The van der Waals surface area contributed by atoms with Gasteiger partial charge in [-0.25, -0.2) is 0 Å². The van der Waals surface area contributed by atoms with Gasteiger partial charge in [0.05, 0.1) is 6.54 Å². The highest BCUT2D eigenvalue weighted by atomic mass is 35.5. The molecule has 0 aliphatic carbocycles. The number of halogens is 1. The lowest BCUT2D eigenvalue weighted by molar-refractivity contribution is -0.116. The highest BCUT2D eigenvalue weighted by molar-refractivity contribution is 7.86. The topological polar surface area (TPSA) is 73.0 Å². The zero-order valence-corrected chi connectivity index (χ0v) is 20.4. The third kappa shape index (κ3) is 5.61. The lowest BCUT2D eigenvalue weighted by Gasteiger charge is -2.34. The maximum Gasteiger partial charge on any atom is 0.282 e. The fourth-order valence-corrected chi connectivity index (χ4v) is 5.70. The molecule has 1 aliphatic heterocycles. The number of amides is 1. The molecule has 0 aromatic heterocycles. The molecule has 1 saturated heterocycles. The summed E-state index contributed by atoms with van der Waals surface area (Å²) in [5.74, 6) is -0.355. The quantitative estimate of drug-likeness (QED) is 0.624. The second-order valence-electron chi connectivity index (χ2n) is 7.84. The van der Waals surface area contributed by atoms with Crippen LogP contribution in [0, 0.1) is 6.92 Å².